The van der Waals surface area contributed by atoms with Crippen molar-refractivity contribution in [3.05, 3.63) is 23.8 Å². The van der Waals surface area contributed by atoms with Crippen molar-refractivity contribution < 1.29 is 18.4 Å². The summed E-state index contributed by atoms with van der Waals surface area (Å²) in [6.45, 7) is 0. The number of hydrogen-bond acceptors (Lipinski definition) is 4. The summed E-state index contributed by atoms with van der Waals surface area (Å²) in [5.74, 6) is -2.79. The molecule has 1 aromatic carbocycles. The van der Waals surface area contributed by atoms with Gasteiger partial charge in [-0.1, -0.05) is 0 Å². The first-order chi connectivity index (χ1) is 7.90. The van der Waals surface area contributed by atoms with Crippen LogP contribution >= 0.6 is 11.8 Å². The molecular weight excluding hydrogens is 252 g/mol. The van der Waals surface area contributed by atoms with Gasteiger partial charge in [-0.05, 0) is 12.1 Å². The third kappa shape index (κ3) is 3.91. The summed E-state index contributed by atoms with van der Waals surface area (Å²) in [5.41, 5.74) is 9.87. The molecule has 1 rings (SSSR count). The van der Waals surface area contributed by atoms with Crippen LogP contribution in [0.3, 0.4) is 0 Å². The minimum absolute atomic E-state index is 0.0501. The van der Waals surface area contributed by atoms with E-state index in [4.69, 9.17) is 11.5 Å². The number of urea groups is 1. The first kappa shape index (κ1) is 13.2. The number of imide groups is 1. The van der Waals surface area contributed by atoms with Crippen molar-refractivity contribution in [2.45, 2.75) is 4.90 Å². The van der Waals surface area contributed by atoms with Crippen molar-refractivity contribution in [1.82, 2.24) is 5.32 Å². The Balaban J connectivity index is 2.70. The summed E-state index contributed by atoms with van der Waals surface area (Å²) in [7, 11) is 0. The fraction of sp³-hybridized carbons (Fsp3) is 0.111. The Kier molecular flexibility index (Phi) is 4.27. The molecule has 5 nitrogen and oxygen atoms in total. The first-order valence-corrected chi connectivity index (χ1v) is 5.35. The van der Waals surface area contributed by atoms with Gasteiger partial charge in [0.1, 0.15) is 11.6 Å². The van der Waals surface area contributed by atoms with Gasteiger partial charge in [0.15, 0.2) is 0 Å². The molecule has 0 saturated carbocycles. The lowest BCUT2D eigenvalue weighted by molar-refractivity contribution is -0.117. The fourth-order valence-corrected chi connectivity index (χ4v) is 1.77. The van der Waals surface area contributed by atoms with Crippen LogP contribution in [0.25, 0.3) is 0 Å². The van der Waals surface area contributed by atoms with Gasteiger partial charge >= 0.3 is 6.03 Å². The molecular formula is C9H9F2N3O2S. The molecule has 92 valence electrons. The van der Waals surface area contributed by atoms with Crippen LogP contribution in [0.4, 0.5) is 19.3 Å². The van der Waals surface area contributed by atoms with Gasteiger partial charge < -0.3 is 11.5 Å². The molecule has 0 aliphatic heterocycles. The maximum atomic E-state index is 13.3. The van der Waals surface area contributed by atoms with Crippen LogP contribution < -0.4 is 16.8 Å². The number of rotatable bonds is 3. The molecule has 3 amide bonds. The minimum Gasteiger partial charge on any atom is -0.399 e. The highest BCUT2D eigenvalue weighted by Crippen LogP contribution is 2.26. The number of primary amides is 1. The molecule has 0 bridgehead atoms. The lowest BCUT2D eigenvalue weighted by atomic mass is 10.3. The van der Waals surface area contributed by atoms with Gasteiger partial charge in [0.2, 0.25) is 5.91 Å². The molecule has 0 unspecified atom stereocenters. The maximum Gasteiger partial charge on any atom is 0.318 e. The van der Waals surface area contributed by atoms with E-state index in [9.17, 15) is 18.4 Å². The highest BCUT2D eigenvalue weighted by molar-refractivity contribution is 8.00. The van der Waals surface area contributed by atoms with Crippen LogP contribution in [0.15, 0.2) is 17.0 Å². The van der Waals surface area contributed by atoms with Crippen LogP contribution in [-0.4, -0.2) is 17.7 Å². The van der Waals surface area contributed by atoms with Crippen molar-refractivity contribution >= 4 is 29.4 Å². The standard InChI is InChI=1S/C9H9F2N3O2S/c10-5-1-4(12)2-6(11)8(5)17-3-7(15)14-9(13)16/h1-2H,3,12H2,(H3,13,14,15,16). The van der Waals surface area contributed by atoms with E-state index in [1.807, 2.05) is 0 Å². The van der Waals surface area contributed by atoms with E-state index in [0.29, 0.717) is 11.8 Å². The highest BCUT2D eigenvalue weighted by Gasteiger charge is 2.13. The number of hydrogen-bond donors (Lipinski definition) is 3. The molecule has 0 aliphatic carbocycles. The zero-order valence-electron chi connectivity index (χ0n) is 8.50. The van der Waals surface area contributed by atoms with E-state index in [1.165, 1.54) is 0 Å². The Morgan fingerprint density at radius 3 is 2.29 bits per heavy atom. The largest absolute Gasteiger partial charge is 0.399 e. The molecule has 0 heterocycles. The van der Waals surface area contributed by atoms with Crippen molar-refractivity contribution in [2.24, 2.45) is 5.73 Å². The average molecular weight is 261 g/mol. The van der Waals surface area contributed by atoms with E-state index in [0.717, 1.165) is 12.1 Å². The van der Waals surface area contributed by atoms with E-state index in [2.05, 4.69) is 0 Å². The molecule has 0 fully saturated rings. The molecule has 0 radical (unpaired) electrons. The number of anilines is 1. The Morgan fingerprint density at radius 1 is 1.29 bits per heavy atom. The molecule has 0 saturated heterocycles. The third-order valence-corrected chi connectivity index (χ3v) is 2.72. The van der Waals surface area contributed by atoms with Gasteiger partial charge in [-0.2, -0.15) is 0 Å². The molecule has 5 N–H and O–H groups in total. The molecule has 0 aliphatic rings. The monoisotopic (exact) mass is 261 g/mol. The van der Waals surface area contributed by atoms with E-state index in [-0.39, 0.29) is 16.3 Å². The number of thioether (sulfide) groups is 1. The van der Waals surface area contributed by atoms with E-state index >= 15 is 0 Å². The summed E-state index contributed by atoms with van der Waals surface area (Å²) in [6, 6.07) is 0.864. The molecule has 0 spiro atoms. The number of amides is 3. The SMILES string of the molecule is NC(=O)NC(=O)CSc1c(F)cc(N)cc1F. The molecule has 1 aromatic rings. The number of halogens is 2. The second kappa shape index (κ2) is 5.48. The predicted octanol–water partition coefficient (Wildman–Crippen LogP) is 0.834. The number of carbonyl (C=O) groups excluding carboxylic acids is 2. The summed E-state index contributed by atoms with van der Waals surface area (Å²) < 4.78 is 26.5. The summed E-state index contributed by atoms with van der Waals surface area (Å²) >= 11 is 0.607. The Morgan fingerprint density at radius 2 is 1.82 bits per heavy atom. The van der Waals surface area contributed by atoms with E-state index in [1.54, 1.807) is 5.32 Å². The van der Waals surface area contributed by atoms with Crippen LogP contribution in [0.5, 0.6) is 0 Å². The Labute approximate surface area is 99.5 Å². The van der Waals surface area contributed by atoms with Gasteiger partial charge in [0.05, 0.1) is 10.6 Å². The van der Waals surface area contributed by atoms with Gasteiger partial charge in [0.25, 0.3) is 0 Å². The number of nitrogens with one attached hydrogen (secondary N) is 1. The Hall–Kier alpha value is -1.83. The lowest BCUT2D eigenvalue weighted by Crippen LogP contribution is -2.36. The quantitative estimate of drug-likeness (QED) is 0.554. The van der Waals surface area contributed by atoms with Crippen LogP contribution in [-0.2, 0) is 4.79 Å². The zero-order chi connectivity index (χ0) is 13.0. The zero-order valence-corrected chi connectivity index (χ0v) is 9.31. The van der Waals surface area contributed by atoms with Crippen LogP contribution in [0, 0.1) is 11.6 Å². The second-order valence-electron chi connectivity index (χ2n) is 3.01. The Bertz CT molecular complexity index is 445. The van der Waals surface area contributed by atoms with Gasteiger partial charge in [-0.15, -0.1) is 11.8 Å². The molecule has 0 atom stereocenters. The number of carbonyl (C=O) groups is 2. The molecule has 17 heavy (non-hydrogen) atoms. The van der Waals surface area contributed by atoms with Crippen molar-refractivity contribution in [3.8, 4) is 0 Å². The summed E-state index contributed by atoms with van der Waals surface area (Å²) in [4.78, 5) is 21.0. The smallest absolute Gasteiger partial charge is 0.318 e. The molecule has 8 heteroatoms. The second-order valence-corrected chi connectivity index (χ2v) is 4.00. The minimum atomic E-state index is -1.02. The average Bonchev–Trinajstić information content (AvgIpc) is 2.14. The normalized spacial score (nSPS) is 10.0. The fourth-order valence-electron chi connectivity index (χ4n) is 1.03. The summed E-state index contributed by atoms with van der Waals surface area (Å²) in [6.07, 6.45) is 0. The highest BCUT2D eigenvalue weighted by atomic mass is 32.2. The van der Waals surface area contributed by atoms with E-state index < -0.39 is 23.6 Å². The topological polar surface area (TPSA) is 98.2 Å². The van der Waals surface area contributed by atoms with Gasteiger partial charge in [-0.3, -0.25) is 10.1 Å². The van der Waals surface area contributed by atoms with Crippen LogP contribution in [0.1, 0.15) is 0 Å². The first-order valence-electron chi connectivity index (χ1n) is 4.36. The lowest BCUT2D eigenvalue weighted by Gasteiger charge is -2.05. The van der Waals surface area contributed by atoms with Crippen molar-refractivity contribution in [1.29, 1.82) is 0 Å². The number of nitrogens with two attached hydrogens (primary N) is 2. The van der Waals surface area contributed by atoms with Crippen molar-refractivity contribution in [3.63, 3.8) is 0 Å². The molecule has 0 aromatic heterocycles. The summed E-state index contributed by atoms with van der Waals surface area (Å²) in [5, 5.41) is 1.77. The van der Waals surface area contributed by atoms with Crippen molar-refractivity contribution in [2.75, 3.05) is 11.5 Å². The third-order valence-electron chi connectivity index (χ3n) is 1.63. The van der Waals surface area contributed by atoms with Gasteiger partial charge in [-0.25, -0.2) is 13.6 Å². The van der Waals surface area contributed by atoms with Crippen LogP contribution in [0.2, 0.25) is 0 Å². The number of nitrogen functional groups attached to an aromatic ring is 1. The maximum absolute atomic E-state index is 13.3. The number of benzene rings is 1. The van der Waals surface area contributed by atoms with Gasteiger partial charge in [0, 0.05) is 5.69 Å². The predicted molar refractivity (Wildman–Crippen MR) is 59.2 cm³/mol.